The van der Waals surface area contributed by atoms with Gasteiger partial charge in [-0.25, -0.2) is 9.67 Å². The Kier molecular flexibility index (Phi) is 4.46. The van der Waals surface area contributed by atoms with Crippen molar-refractivity contribution in [3.05, 3.63) is 59.4 Å². The third-order valence-corrected chi connectivity index (χ3v) is 3.90. The lowest BCUT2D eigenvalue weighted by atomic mass is 10.1. The van der Waals surface area contributed by atoms with Crippen molar-refractivity contribution in [3.63, 3.8) is 0 Å². The average Bonchev–Trinajstić information content (AvgIpc) is 3.13. The van der Waals surface area contributed by atoms with Gasteiger partial charge in [0.25, 0.3) is 0 Å². The normalized spacial score (nSPS) is 10.9. The summed E-state index contributed by atoms with van der Waals surface area (Å²) in [7, 11) is 0. The van der Waals surface area contributed by atoms with Crippen LogP contribution in [0.5, 0.6) is 0 Å². The molecule has 1 aromatic carbocycles. The first-order valence-electron chi connectivity index (χ1n) is 8.06. The minimum absolute atomic E-state index is 0.671. The van der Waals surface area contributed by atoms with E-state index in [0.29, 0.717) is 6.54 Å². The van der Waals surface area contributed by atoms with Gasteiger partial charge in [-0.3, -0.25) is 0 Å². The summed E-state index contributed by atoms with van der Waals surface area (Å²) >= 11 is 0. The molecule has 2 N–H and O–H groups in total. The molecule has 0 fully saturated rings. The SMILES string of the molecule is CCCc1c(NCc2ncc(C)[nH]2)cnn1-c1ccccc1C. The van der Waals surface area contributed by atoms with Crippen LogP contribution in [0.3, 0.4) is 0 Å². The standard InChI is InChI=1S/C18H23N5/c1-4-7-17-15(19-12-18-20-10-14(3)22-18)11-21-23(17)16-9-6-5-8-13(16)2/h5-6,8-11,19H,4,7,12H2,1-3H3,(H,20,22). The second-order valence-electron chi connectivity index (χ2n) is 5.82. The number of H-pyrrole nitrogens is 1. The number of rotatable bonds is 6. The molecule has 0 aliphatic heterocycles. The van der Waals surface area contributed by atoms with Crippen molar-refractivity contribution in [1.82, 2.24) is 19.7 Å². The summed E-state index contributed by atoms with van der Waals surface area (Å²) in [5.41, 5.74) is 5.72. The van der Waals surface area contributed by atoms with E-state index < -0.39 is 0 Å². The maximum absolute atomic E-state index is 4.61. The van der Waals surface area contributed by atoms with Gasteiger partial charge in [-0.2, -0.15) is 5.10 Å². The molecule has 2 heterocycles. The molecule has 0 aliphatic carbocycles. The Morgan fingerprint density at radius 1 is 1.17 bits per heavy atom. The van der Waals surface area contributed by atoms with E-state index in [-0.39, 0.29) is 0 Å². The van der Waals surface area contributed by atoms with E-state index in [1.807, 2.05) is 19.3 Å². The predicted molar refractivity (Wildman–Crippen MR) is 92.9 cm³/mol. The van der Waals surface area contributed by atoms with Crippen LogP contribution in [0.15, 0.2) is 36.7 Å². The lowest BCUT2D eigenvalue weighted by molar-refractivity contribution is 0.771. The molecule has 0 bridgehead atoms. The van der Waals surface area contributed by atoms with Gasteiger partial charge in [0, 0.05) is 11.9 Å². The molecule has 0 unspecified atom stereocenters. The monoisotopic (exact) mass is 309 g/mol. The first kappa shape index (κ1) is 15.3. The minimum atomic E-state index is 0.671. The molecule has 0 aliphatic rings. The Bertz CT molecular complexity index is 784. The van der Waals surface area contributed by atoms with Crippen LogP contribution in [0.1, 0.15) is 36.1 Å². The molecule has 3 rings (SSSR count). The number of aryl methyl sites for hydroxylation is 2. The fourth-order valence-corrected chi connectivity index (χ4v) is 2.74. The average molecular weight is 309 g/mol. The van der Waals surface area contributed by atoms with Crippen LogP contribution in [-0.4, -0.2) is 19.7 Å². The molecule has 0 saturated heterocycles. The van der Waals surface area contributed by atoms with Crippen LogP contribution >= 0.6 is 0 Å². The van der Waals surface area contributed by atoms with Gasteiger partial charge < -0.3 is 10.3 Å². The fourth-order valence-electron chi connectivity index (χ4n) is 2.74. The van der Waals surface area contributed by atoms with Crippen LogP contribution in [0, 0.1) is 13.8 Å². The highest BCUT2D eigenvalue weighted by atomic mass is 15.3. The highest BCUT2D eigenvalue weighted by Crippen LogP contribution is 2.23. The largest absolute Gasteiger partial charge is 0.375 e. The molecule has 120 valence electrons. The van der Waals surface area contributed by atoms with Crippen LogP contribution in [0.4, 0.5) is 5.69 Å². The molecule has 0 atom stereocenters. The Balaban J connectivity index is 1.88. The summed E-state index contributed by atoms with van der Waals surface area (Å²) in [6, 6.07) is 8.34. The zero-order chi connectivity index (χ0) is 16.2. The summed E-state index contributed by atoms with van der Waals surface area (Å²) in [6.45, 7) is 6.99. The van der Waals surface area contributed by atoms with E-state index in [9.17, 15) is 0 Å². The minimum Gasteiger partial charge on any atom is -0.375 e. The number of hydrogen-bond acceptors (Lipinski definition) is 3. The van der Waals surface area contributed by atoms with E-state index in [4.69, 9.17) is 0 Å². The highest BCUT2D eigenvalue weighted by molar-refractivity contribution is 5.52. The third-order valence-electron chi connectivity index (χ3n) is 3.90. The van der Waals surface area contributed by atoms with Crippen molar-refractivity contribution in [2.45, 2.75) is 40.2 Å². The molecule has 5 nitrogen and oxygen atoms in total. The summed E-state index contributed by atoms with van der Waals surface area (Å²) in [5, 5.41) is 8.07. The van der Waals surface area contributed by atoms with Gasteiger partial charge in [-0.1, -0.05) is 31.5 Å². The lowest BCUT2D eigenvalue weighted by Crippen LogP contribution is -2.07. The molecule has 0 saturated carbocycles. The van der Waals surface area contributed by atoms with Crippen molar-refractivity contribution < 1.29 is 0 Å². The number of anilines is 1. The van der Waals surface area contributed by atoms with E-state index >= 15 is 0 Å². The number of nitrogens with one attached hydrogen (secondary N) is 2. The van der Waals surface area contributed by atoms with Crippen LogP contribution in [-0.2, 0) is 13.0 Å². The fraction of sp³-hybridized carbons (Fsp3) is 0.333. The third kappa shape index (κ3) is 3.28. The number of benzene rings is 1. The van der Waals surface area contributed by atoms with Crippen LogP contribution < -0.4 is 5.32 Å². The molecule has 23 heavy (non-hydrogen) atoms. The Labute approximate surface area is 136 Å². The zero-order valence-electron chi connectivity index (χ0n) is 13.9. The number of hydrogen-bond donors (Lipinski definition) is 2. The van der Waals surface area contributed by atoms with E-state index in [1.165, 1.54) is 11.3 Å². The Morgan fingerprint density at radius 2 is 2.00 bits per heavy atom. The molecule has 5 heteroatoms. The second kappa shape index (κ2) is 6.69. The van der Waals surface area contributed by atoms with Crippen molar-refractivity contribution in [3.8, 4) is 5.69 Å². The second-order valence-corrected chi connectivity index (χ2v) is 5.82. The van der Waals surface area contributed by atoms with Gasteiger partial charge in [-0.15, -0.1) is 0 Å². The van der Waals surface area contributed by atoms with Crippen molar-refractivity contribution in [2.24, 2.45) is 0 Å². The van der Waals surface area contributed by atoms with Crippen LogP contribution in [0.25, 0.3) is 5.69 Å². The molecule has 0 spiro atoms. The highest BCUT2D eigenvalue weighted by Gasteiger charge is 2.13. The zero-order valence-corrected chi connectivity index (χ0v) is 13.9. The molecule has 0 radical (unpaired) electrons. The van der Waals surface area contributed by atoms with E-state index in [1.54, 1.807) is 0 Å². The molecular formula is C18H23N5. The van der Waals surface area contributed by atoms with Crippen LogP contribution in [0.2, 0.25) is 0 Å². The topological polar surface area (TPSA) is 58.5 Å². The maximum Gasteiger partial charge on any atom is 0.125 e. The summed E-state index contributed by atoms with van der Waals surface area (Å²) in [5.74, 6) is 0.939. The molecule has 2 aromatic heterocycles. The first-order valence-corrected chi connectivity index (χ1v) is 8.06. The van der Waals surface area contributed by atoms with E-state index in [0.717, 1.165) is 35.7 Å². The number of nitrogens with zero attached hydrogens (tertiary/aromatic N) is 3. The maximum atomic E-state index is 4.61. The van der Waals surface area contributed by atoms with Crippen molar-refractivity contribution in [2.75, 3.05) is 5.32 Å². The lowest BCUT2D eigenvalue weighted by Gasteiger charge is -2.12. The van der Waals surface area contributed by atoms with Gasteiger partial charge in [-0.05, 0) is 31.9 Å². The molecule has 3 aromatic rings. The molecular weight excluding hydrogens is 286 g/mol. The van der Waals surface area contributed by atoms with Gasteiger partial charge in [0.05, 0.1) is 29.8 Å². The summed E-state index contributed by atoms with van der Waals surface area (Å²) in [6.07, 6.45) is 5.81. The molecule has 0 amide bonds. The number of imidazole rings is 1. The smallest absolute Gasteiger partial charge is 0.125 e. The number of para-hydroxylation sites is 1. The van der Waals surface area contributed by atoms with Gasteiger partial charge in [0.1, 0.15) is 5.82 Å². The number of aromatic amines is 1. The summed E-state index contributed by atoms with van der Waals surface area (Å²) < 4.78 is 2.05. The first-order chi connectivity index (χ1) is 11.2. The number of aromatic nitrogens is 4. The predicted octanol–water partition coefficient (Wildman–Crippen LogP) is 3.78. The van der Waals surface area contributed by atoms with Crippen molar-refractivity contribution >= 4 is 5.69 Å². The van der Waals surface area contributed by atoms with Gasteiger partial charge in [0.15, 0.2) is 0 Å². The van der Waals surface area contributed by atoms with Gasteiger partial charge in [0.2, 0.25) is 0 Å². The Hall–Kier alpha value is -2.56. The van der Waals surface area contributed by atoms with Gasteiger partial charge >= 0.3 is 0 Å². The Morgan fingerprint density at radius 3 is 2.70 bits per heavy atom. The van der Waals surface area contributed by atoms with E-state index in [2.05, 4.69) is 63.2 Å². The van der Waals surface area contributed by atoms with Crippen molar-refractivity contribution in [1.29, 1.82) is 0 Å². The summed E-state index contributed by atoms with van der Waals surface area (Å²) in [4.78, 5) is 7.58. The quantitative estimate of drug-likeness (QED) is 0.728.